The second-order valence-electron chi connectivity index (χ2n) is 6.35. The summed E-state index contributed by atoms with van der Waals surface area (Å²) < 4.78 is 19.3. The van der Waals surface area contributed by atoms with E-state index in [0.717, 1.165) is 30.9 Å². The third-order valence-corrected chi connectivity index (χ3v) is 4.45. The Morgan fingerprint density at radius 3 is 2.67 bits per heavy atom. The van der Waals surface area contributed by atoms with Crippen LogP contribution in [0.1, 0.15) is 18.9 Å². The van der Waals surface area contributed by atoms with Crippen LogP contribution in [0, 0.1) is 5.82 Å². The molecule has 27 heavy (non-hydrogen) atoms. The lowest BCUT2D eigenvalue weighted by atomic mass is 10.1. The lowest BCUT2D eigenvalue weighted by molar-refractivity contribution is -0.110. The van der Waals surface area contributed by atoms with E-state index < -0.39 is 5.82 Å². The normalized spacial score (nSPS) is 14.2. The van der Waals surface area contributed by atoms with E-state index >= 15 is 0 Å². The van der Waals surface area contributed by atoms with Crippen LogP contribution >= 0.6 is 0 Å². The summed E-state index contributed by atoms with van der Waals surface area (Å²) in [4.78, 5) is 14.4. The van der Waals surface area contributed by atoms with Crippen molar-refractivity contribution in [2.45, 2.75) is 13.3 Å². The van der Waals surface area contributed by atoms with E-state index in [1.807, 2.05) is 24.3 Å². The topological polar surface area (TPSA) is 53.6 Å². The van der Waals surface area contributed by atoms with Crippen LogP contribution < -0.4 is 15.5 Å². The highest BCUT2D eigenvalue weighted by Gasteiger charge is 2.27. The van der Waals surface area contributed by atoms with Gasteiger partial charge in [-0.2, -0.15) is 0 Å². The molecule has 0 spiro atoms. The first kappa shape index (κ1) is 18.9. The Morgan fingerprint density at radius 1 is 1.19 bits per heavy atom. The minimum absolute atomic E-state index is 0.292. The summed E-state index contributed by atoms with van der Waals surface area (Å²) >= 11 is 0. The maximum atomic E-state index is 14.1. The predicted octanol–water partition coefficient (Wildman–Crippen LogP) is 4.09. The van der Waals surface area contributed by atoms with Crippen LogP contribution in [0.15, 0.2) is 48.7 Å². The van der Waals surface area contributed by atoms with E-state index in [2.05, 4.69) is 22.5 Å². The summed E-state index contributed by atoms with van der Waals surface area (Å²) in [5, 5.41) is 5.77. The quantitative estimate of drug-likeness (QED) is 0.688. The van der Waals surface area contributed by atoms with Crippen molar-refractivity contribution < 1.29 is 13.9 Å². The zero-order chi connectivity index (χ0) is 19.2. The SMILES string of the molecule is CCCN(CCOC)c1ccc(NC=C2C(=O)Nc3cccc(F)c32)cc1. The van der Waals surface area contributed by atoms with Crippen molar-refractivity contribution >= 4 is 28.5 Å². The summed E-state index contributed by atoms with van der Waals surface area (Å²) in [6, 6.07) is 12.5. The summed E-state index contributed by atoms with van der Waals surface area (Å²) in [6.07, 6.45) is 2.60. The molecule has 0 radical (unpaired) electrons. The molecule has 0 atom stereocenters. The highest BCUT2D eigenvalue weighted by Crippen LogP contribution is 2.33. The number of methoxy groups -OCH3 is 1. The molecule has 1 heterocycles. The van der Waals surface area contributed by atoms with Gasteiger partial charge in [0.25, 0.3) is 5.91 Å². The van der Waals surface area contributed by atoms with Crippen molar-refractivity contribution in [3.63, 3.8) is 0 Å². The molecular formula is C21H24FN3O2. The van der Waals surface area contributed by atoms with Crippen molar-refractivity contribution in [1.29, 1.82) is 0 Å². The molecule has 2 aromatic rings. The Bertz CT molecular complexity index is 834. The van der Waals surface area contributed by atoms with Gasteiger partial charge in [0.2, 0.25) is 0 Å². The Hall–Kier alpha value is -2.86. The van der Waals surface area contributed by atoms with Gasteiger partial charge in [0.1, 0.15) is 5.82 Å². The minimum atomic E-state index is -0.414. The minimum Gasteiger partial charge on any atom is -0.383 e. The summed E-state index contributed by atoms with van der Waals surface area (Å²) in [7, 11) is 1.70. The first-order valence-corrected chi connectivity index (χ1v) is 9.05. The lowest BCUT2D eigenvalue weighted by Gasteiger charge is -2.24. The van der Waals surface area contributed by atoms with Gasteiger partial charge in [-0.3, -0.25) is 4.79 Å². The molecule has 0 aliphatic carbocycles. The molecule has 0 saturated heterocycles. The summed E-state index contributed by atoms with van der Waals surface area (Å²) in [6.45, 7) is 4.60. The maximum Gasteiger partial charge on any atom is 0.257 e. The number of hydrogen-bond donors (Lipinski definition) is 2. The first-order valence-electron chi connectivity index (χ1n) is 9.05. The van der Waals surface area contributed by atoms with Gasteiger partial charge in [-0.05, 0) is 42.8 Å². The summed E-state index contributed by atoms with van der Waals surface area (Å²) in [5.74, 6) is -0.726. The Morgan fingerprint density at radius 2 is 1.96 bits per heavy atom. The third-order valence-electron chi connectivity index (χ3n) is 4.45. The van der Waals surface area contributed by atoms with E-state index in [1.165, 1.54) is 6.07 Å². The van der Waals surface area contributed by atoms with Gasteiger partial charge in [-0.1, -0.05) is 13.0 Å². The first-order chi connectivity index (χ1) is 13.1. The van der Waals surface area contributed by atoms with Gasteiger partial charge in [-0.15, -0.1) is 0 Å². The third kappa shape index (κ3) is 4.28. The number of rotatable bonds is 8. The molecule has 0 fully saturated rings. The number of nitrogens with zero attached hydrogens (tertiary/aromatic N) is 1. The number of benzene rings is 2. The highest BCUT2D eigenvalue weighted by molar-refractivity contribution is 6.31. The van der Waals surface area contributed by atoms with E-state index in [0.29, 0.717) is 23.4 Å². The number of fused-ring (bicyclic) bond motifs is 1. The van der Waals surface area contributed by atoms with Crippen LogP contribution in [0.25, 0.3) is 5.57 Å². The molecule has 1 amide bonds. The van der Waals surface area contributed by atoms with Crippen molar-refractivity contribution in [2.24, 2.45) is 0 Å². The molecule has 3 rings (SSSR count). The van der Waals surface area contributed by atoms with Crippen LogP contribution in [0.5, 0.6) is 0 Å². The fourth-order valence-electron chi connectivity index (χ4n) is 3.11. The molecule has 1 aliphatic heterocycles. The fraction of sp³-hybridized carbons (Fsp3) is 0.286. The zero-order valence-corrected chi connectivity index (χ0v) is 15.6. The molecule has 1 aliphatic rings. The van der Waals surface area contributed by atoms with Gasteiger partial charge >= 0.3 is 0 Å². The van der Waals surface area contributed by atoms with Gasteiger partial charge in [-0.25, -0.2) is 4.39 Å². The number of nitrogens with one attached hydrogen (secondary N) is 2. The fourth-order valence-corrected chi connectivity index (χ4v) is 3.11. The van der Waals surface area contributed by atoms with Crippen LogP contribution in [0.3, 0.4) is 0 Å². The van der Waals surface area contributed by atoms with Crippen LogP contribution in [-0.4, -0.2) is 32.7 Å². The highest BCUT2D eigenvalue weighted by atomic mass is 19.1. The molecule has 0 bridgehead atoms. The van der Waals surface area contributed by atoms with Crippen LogP contribution in [0.4, 0.5) is 21.5 Å². The maximum absolute atomic E-state index is 14.1. The van der Waals surface area contributed by atoms with Crippen molar-refractivity contribution in [3.05, 3.63) is 60.0 Å². The molecule has 5 nitrogen and oxygen atoms in total. The number of ether oxygens (including phenoxy) is 1. The predicted molar refractivity (Wildman–Crippen MR) is 107 cm³/mol. The molecular weight excluding hydrogens is 345 g/mol. The largest absolute Gasteiger partial charge is 0.383 e. The average Bonchev–Trinajstić information content (AvgIpc) is 3.00. The molecule has 2 N–H and O–H groups in total. The number of amides is 1. The van der Waals surface area contributed by atoms with Gasteiger partial charge in [0.15, 0.2) is 0 Å². The molecule has 0 unspecified atom stereocenters. The average molecular weight is 369 g/mol. The number of anilines is 3. The number of halogens is 1. The van der Waals surface area contributed by atoms with Gasteiger partial charge in [0.05, 0.1) is 17.9 Å². The second-order valence-corrected chi connectivity index (χ2v) is 6.35. The van der Waals surface area contributed by atoms with E-state index in [4.69, 9.17) is 4.74 Å². The zero-order valence-electron chi connectivity index (χ0n) is 15.6. The van der Waals surface area contributed by atoms with E-state index in [-0.39, 0.29) is 5.91 Å². The Labute approximate surface area is 158 Å². The monoisotopic (exact) mass is 369 g/mol. The number of carbonyl (C=O) groups excluding carboxylic acids is 1. The standard InChI is InChI=1S/C21H24FN3O2/c1-3-11-25(12-13-27-2)16-9-7-15(8-10-16)23-14-17-20-18(22)5-4-6-19(20)24-21(17)26/h4-10,14,23H,3,11-13H2,1-2H3,(H,24,26). The van der Waals surface area contributed by atoms with Crippen LogP contribution in [0.2, 0.25) is 0 Å². The van der Waals surface area contributed by atoms with Crippen LogP contribution in [-0.2, 0) is 9.53 Å². The smallest absolute Gasteiger partial charge is 0.257 e. The number of carbonyl (C=O) groups is 1. The van der Waals surface area contributed by atoms with Crippen molar-refractivity contribution in [1.82, 2.24) is 0 Å². The number of hydrogen-bond acceptors (Lipinski definition) is 4. The van der Waals surface area contributed by atoms with Gasteiger partial charge < -0.3 is 20.3 Å². The second kappa shape index (κ2) is 8.68. The lowest BCUT2D eigenvalue weighted by Crippen LogP contribution is -2.27. The van der Waals surface area contributed by atoms with Gasteiger partial charge in [0, 0.05) is 43.3 Å². The summed E-state index contributed by atoms with van der Waals surface area (Å²) in [5.41, 5.74) is 3.03. The molecule has 2 aromatic carbocycles. The van der Waals surface area contributed by atoms with E-state index in [9.17, 15) is 9.18 Å². The Kier molecular flexibility index (Phi) is 6.08. The van der Waals surface area contributed by atoms with Crippen molar-refractivity contribution in [2.75, 3.05) is 42.3 Å². The molecule has 6 heteroatoms. The van der Waals surface area contributed by atoms with E-state index in [1.54, 1.807) is 25.4 Å². The molecule has 0 aromatic heterocycles. The Balaban J connectivity index is 1.74. The molecule has 0 saturated carbocycles. The molecule has 142 valence electrons. The van der Waals surface area contributed by atoms with Crippen molar-refractivity contribution in [3.8, 4) is 0 Å².